The second-order valence-electron chi connectivity index (χ2n) is 7.11. The zero-order valence-corrected chi connectivity index (χ0v) is 16.7. The third-order valence-electron chi connectivity index (χ3n) is 5.05. The topological polar surface area (TPSA) is 72.4 Å². The predicted molar refractivity (Wildman–Crippen MR) is 108 cm³/mol. The minimum Gasteiger partial charge on any atom is -0.456 e. The molecule has 0 unspecified atom stereocenters. The van der Waals surface area contributed by atoms with Gasteiger partial charge in [0.1, 0.15) is 6.54 Å². The summed E-state index contributed by atoms with van der Waals surface area (Å²) in [7, 11) is 1.69. The lowest BCUT2D eigenvalue weighted by atomic mass is 9.84. The zero-order valence-electron chi connectivity index (χ0n) is 15.9. The van der Waals surface area contributed by atoms with E-state index in [0.29, 0.717) is 17.3 Å². The van der Waals surface area contributed by atoms with Crippen molar-refractivity contribution in [2.75, 3.05) is 25.1 Å². The summed E-state index contributed by atoms with van der Waals surface area (Å²) in [5.41, 5.74) is 1.85. The molecule has 0 saturated heterocycles. The minimum absolute atomic E-state index is 0.0375. The fraction of sp³-hybridized carbons (Fsp3) is 0.429. The number of aromatic nitrogens is 2. The van der Waals surface area contributed by atoms with E-state index in [1.165, 1.54) is 37.7 Å². The number of ketones is 1. The van der Waals surface area contributed by atoms with Crippen molar-refractivity contribution in [3.05, 3.63) is 52.7 Å². The van der Waals surface area contributed by atoms with Crippen LogP contribution >= 0.6 is 11.6 Å². The van der Waals surface area contributed by atoms with Gasteiger partial charge in [-0.25, -0.2) is 0 Å². The Hall–Kier alpha value is -2.47. The van der Waals surface area contributed by atoms with Gasteiger partial charge in [-0.1, -0.05) is 55.1 Å². The summed E-state index contributed by atoms with van der Waals surface area (Å²) in [5, 5.41) is 7.90. The summed E-state index contributed by atoms with van der Waals surface area (Å²) in [6, 6.07) is 11.0. The third-order valence-corrected chi connectivity index (χ3v) is 5.25. The van der Waals surface area contributed by atoms with Crippen molar-refractivity contribution in [2.45, 2.75) is 38.0 Å². The molecule has 148 valence electrons. The number of anilines is 1. The number of esters is 1. The van der Waals surface area contributed by atoms with Crippen molar-refractivity contribution < 1.29 is 14.3 Å². The maximum atomic E-state index is 12.3. The fourth-order valence-corrected chi connectivity index (χ4v) is 3.54. The number of carbonyl (C=O) groups excluding carboxylic acids is 2. The van der Waals surface area contributed by atoms with Crippen LogP contribution in [0.3, 0.4) is 0 Å². The Morgan fingerprint density at radius 3 is 2.43 bits per heavy atom. The summed E-state index contributed by atoms with van der Waals surface area (Å²) in [4.78, 5) is 25.9. The van der Waals surface area contributed by atoms with Crippen molar-refractivity contribution in [1.82, 2.24) is 10.2 Å². The van der Waals surface area contributed by atoms with Gasteiger partial charge < -0.3 is 9.64 Å². The molecule has 0 spiro atoms. The average Bonchev–Trinajstić information content (AvgIpc) is 2.73. The molecule has 3 rings (SSSR count). The lowest BCUT2D eigenvalue weighted by molar-refractivity contribution is -0.140. The summed E-state index contributed by atoms with van der Waals surface area (Å²) < 4.78 is 5.12. The van der Waals surface area contributed by atoms with E-state index in [4.69, 9.17) is 16.3 Å². The second-order valence-corrected chi connectivity index (χ2v) is 7.50. The standard InChI is InChI=1S/C21H24ClN3O3/c1-25(20-12-11-19(22)23-24-20)13-21(27)28-14-18(26)17-9-7-16(8-10-17)15-5-3-2-4-6-15/h7-12,15H,2-6,13-14H2,1H3. The molecule has 1 aliphatic rings. The van der Waals surface area contributed by atoms with Crippen molar-refractivity contribution >= 4 is 29.2 Å². The number of ether oxygens (including phenoxy) is 1. The summed E-state index contributed by atoms with van der Waals surface area (Å²) >= 11 is 5.70. The second kappa shape index (κ2) is 9.64. The number of likely N-dealkylation sites (N-methyl/N-ethyl adjacent to an activating group) is 1. The van der Waals surface area contributed by atoms with Crippen molar-refractivity contribution in [2.24, 2.45) is 0 Å². The lowest BCUT2D eigenvalue weighted by Gasteiger charge is -2.22. The fourth-order valence-electron chi connectivity index (χ4n) is 3.44. The number of benzene rings is 1. The van der Waals surface area contributed by atoms with E-state index < -0.39 is 5.97 Å². The molecule has 1 aliphatic carbocycles. The first kappa shape index (κ1) is 20.3. The summed E-state index contributed by atoms with van der Waals surface area (Å²) in [5.74, 6) is 0.372. The monoisotopic (exact) mass is 401 g/mol. The highest BCUT2D eigenvalue weighted by molar-refractivity contribution is 6.29. The summed E-state index contributed by atoms with van der Waals surface area (Å²) in [6.45, 7) is -0.314. The van der Waals surface area contributed by atoms with Gasteiger partial charge in [-0.2, -0.15) is 0 Å². The molecule has 1 aromatic heterocycles. The summed E-state index contributed by atoms with van der Waals surface area (Å²) in [6.07, 6.45) is 6.31. The smallest absolute Gasteiger partial charge is 0.326 e. The van der Waals surface area contributed by atoms with Crippen LogP contribution in [0, 0.1) is 0 Å². The molecule has 0 N–H and O–H groups in total. The van der Waals surface area contributed by atoms with Gasteiger partial charge in [0.25, 0.3) is 0 Å². The van der Waals surface area contributed by atoms with Crippen molar-refractivity contribution in [1.29, 1.82) is 0 Å². The van der Waals surface area contributed by atoms with Crippen LogP contribution in [-0.4, -0.2) is 42.1 Å². The molecule has 1 fully saturated rings. The molecule has 0 amide bonds. The highest BCUT2D eigenvalue weighted by Crippen LogP contribution is 2.32. The molecule has 0 bridgehead atoms. The van der Waals surface area contributed by atoms with Gasteiger partial charge in [0.15, 0.2) is 23.4 Å². The molecule has 6 nitrogen and oxygen atoms in total. The van der Waals surface area contributed by atoms with Crippen LogP contribution in [0.25, 0.3) is 0 Å². The van der Waals surface area contributed by atoms with Gasteiger partial charge in [-0.3, -0.25) is 9.59 Å². The number of nitrogens with zero attached hydrogens (tertiary/aromatic N) is 3. The molecular weight excluding hydrogens is 378 g/mol. The quantitative estimate of drug-likeness (QED) is 0.515. The molecule has 7 heteroatoms. The van der Waals surface area contributed by atoms with E-state index in [0.717, 1.165) is 0 Å². The maximum Gasteiger partial charge on any atom is 0.326 e. The first-order chi connectivity index (χ1) is 13.5. The normalized spacial score (nSPS) is 14.5. The molecule has 0 aliphatic heterocycles. The lowest BCUT2D eigenvalue weighted by Crippen LogP contribution is -2.29. The highest BCUT2D eigenvalue weighted by Gasteiger charge is 2.17. The van der Waals surface area contributed by atoms with Crippen LogP contribution in [0.2, 0.25) is 5.15 Å². The molecular formula is C21H24ClN3O3. The number of hydrogen-bond donors (Lipinski definition) is 0. The highest BCUT2D eigenvalue weighted by atomic mass is 35.5. The SMILES string of the molecule is CN(CC(=O)OCC(=O)c1ccc(C2CCCCC2)cc1)c1ccc(Cl)nn1. The van der Waals surface area contributed by atoms with E-state index >= 15 is 0 Å². The Bertz CT molecular complexity index is 803. The van der Waals surface area contributed by atoms with Gasteiger partial charge in [-0.15, -0.1) is 10.2 Å². The molecule has 1 heterocycles. The van der Waals surface area contributed by atoms with Crippen LogP contribution in [0.4, 0.5) is 5.82 Å². The van der Waals surface area contributed by atoms with E-state index in [2.05, 4.69) is 10.2 Å². The van der Waals surface area contributed by atoms with Crippen LogP contribution in [0.5, 0.6) is 0 Å². The van der Waals surface area contributed by atoms with E-state index in [-0.39, 0.29) is 24.1 Å². The Morgan fingerprint density at radius 2 is 1.79 bits per heavy atom. The number of Topliss-reactive ketones (excluding diaryl/α,β-unsaturated/α-hetero) is 1. The Kier molecular flexibility index (Phi) is 6.98. The number of halogens is 1. The van der Waals surface area contributed by atoms with E-state index in [1.807, 2.05) is 24.3 Å². The number of carbonyl (C=O) groups is 2. The van der Waals surface area contributed by atoms with Gasteiger partial charge in [0.2, 0.25) is 0 Å². The average molecular weight is 402 g/mol. The third kappa shape index (κ3) is 5.52. The predicted octanol–water partition coefficient (Wildman–Crippen LogP) is 4.04. The van der Waals surface area contributed by atoms with Gasteiger partial charge >= 0.3 is 5.97 Å². The first-order valence-electron chi connectivity index (χ1n) is 9.52. The van der Waals surface area contributed by atoms with Gasteiger partial charge in [0, 0.05) is 12.6 Å². The molecule has 2 aromatic rings. The molecule has 0 atom stereocenters. The Labute approximate surface area is 169 Å². The van der Waals surface area contributed by atoms with Crippen LogP contribution < -0.4 is 4.90 Å². The molecule has 1 aromatic carbocycles. The zero-order chi connectivity index (χ0) is 19.9. The Morgan fingerprint density at radius 1 is 1.07 bits per heavy atom. The van der Waals surface area contributed by atoms with Crippen LogP contribution in [-0.2, 0) is 9.53 Å². The van der Waals surface area contributed by atoms with Gasteiger partial charge in [-0.05, 0) is 36.5 Å². The largest absolute Gasteiger partial charge is 0.456 e. The van der Waals surface area contributed by atoms with Crippen molar-refractivity contribution in [3.63, 3.8) is 0 Å². The van der Waals surface area contributed by atoms with Crippen LogP contribution in [0.1, 0.15) is 53.9 Å². The Balaban J connectivity index is 1.47. The van der Waals surface area contributed by atoms with E-state index in [9.17, 15) is 9.59 Å². The first-order valence-corrected chi connectivity index (χ1v) is 9.90. The molecule has 28 heavy (non-hydrogen) atoms. The minimum atomic E-state index is -0.508. The molecule has 1 saturated carbocycles. The number of rotatable bonds is 7. The van der Waals surface area contributed by atoms with Crippen LogP contribution in [0.15, 0.2) is 36.4 Å². The van der Waals surface area contributed by atoms with Gasteiger partial charge in [0.05, 0.1) is 0 Å². The maximum absolute atomic E-state index is 12.3. The molecule has 0 radical (unpaired) electrons. The number of hydrogen-bond acceptors (Lipinski definition) is 6. The van der Waals surface area contributed by atoms with E-state index in [1.54, 1.807) is 24.1 Å². The van der Waals surface area contributed by atoms with Crippen molar-refractivity contribution in [3.8, 4) is 0 Å².